The Bertz CT molecular complexity index is 633. The second-order valence-corrected chi connectivity index (χ2v) is 7.81. The van der Waals surface area contributed by atoms with Gasteiger partial charge in [0, 0.05) is 17.8 Å². The maximum atomic E-state index is 16.1. The van der Waals surface area contributed by atoms with E-state index in [9.17, 15) is 10.2 Å². The van der Waals surface area contributed by atoms with E-state index in [1.165, 1.54) is 11.1 Å². The van der Waals surface area contributed by atoms with Gasteiger partial charge in [-0.25, -0.2) is 4.39 Å². The Hall–Kier alpha value is -1.13. The molecule has 0 aliphatic heterocycles. The molecule has 3 nitrogen and oxygen atoms in total. The lowest BCUT2D eigenvalue weighted by Crippen LogP contribution is -2.58. The maximum Gasteiger partial charge on any atom is 0.147 e. The lowest BCUT2D eigenvalue weighted by atomic mass is 9.53. The van der Waals surface area contributed by atoms with E-state index in [0.717, 1.165) is 25.0 Å². The topological polar surface area (TPSA) is 49.7 Å². The molecule has 23 heavy (non-hydrogen) atoms. The molecule has 0 bridgehead atoms. The second kappa shape index (κ2) is 4.93. The van der Waals surface area contributed by atoms with Gasteiger partial charge in [-0.1, -0.05) is 13.0 Å². The molecule has 126 valence electrons. The van der Waals surface area contributed by atoms with E-state index in [1.54, 1.807) is 7.11 Å². The summed E-state index contributed by atoms with van der Waals surface area (Å²) in [6, 6.07) is 6.07. The fraction of sp³-hybridized carbons (Fsp3) is 0.684. The number of halogens is 1. The lowest BCUT2D eigenvalue weighted by molar-refractivity contribution is -0.147. The number of hydrogen-bond acceptors (Lipinski definition) is 3. The van der Waals surface area contributed by atoms with Crippen LogP contribution in [0.25, 0.3) is 0 Å². The van der Waals surface area contributed by atoms with E-state index in [4.69, 9.17) is 4.74 Å². The zero-order valence-corrected chi connectivity index (χ0v) is 13.8. The van der Waals surface area contributed by atoms with Gasteiger partial charge in [-0.2, -0.15) is 0 Å². The molecule has 0 spiro atoms. The van der Waals surface area contributed by atoms with Crippen LogP contribution in [0.4, 0.5) is 4.39 Å². The van der Waals surface area contributed by atoms with Crippen molar-refractivity contribution >= 4 is 0 Å². The van der Waals surface area contributed by atoms with Gasteiger partial charge in [-0.3, -0.25) is 0 Å². The average molecular weight is 320 g/mol. The maximum absolute atomic E-state index is 16.1. The number of benzene rings is 1. The van der Waals surface area contributed by atoms with Crippen molar-refractivity contribution in [1.82, 2.24) is 0 Å². The predicted octanol–water partition coefficient (Wildman–Crippen LogP) is 2.98. The Labute approximate surface area is 136 Å². The summed E-state index contributed by atoms with van der Waals surface area (Å²) in [4.78, 5) is 0. The normalized spacial score (nSPS) is 45.1. The van der Waals surface area contributed by atoms with Crippen LogP contribution < -0.4 is 4.74 Å². The first-order valence-electron chi connectivity index (χ1n) is 8.63. The Kier molecular flexibility index (Phi) is 3.30. The number of aliphatic hydroxyl groups excluding tert-OH is 2. The minimum absolute atomic E-state index is 0.127. The number of aliphatic hydroxyl groups is 2. The molecule has 3 aliphatic rings. The summed E-state index contributed by atoms with van der Waals surface area (Å²) in [6.07, 6.45) is 1.37. The minimum Gasteiger partial charge on any atom is -0.497 e. The van der Waals surface area contributed by atoms with Crippen molar-refractivity contribution in [3.63, 3.8) is 0 Å². The molecule has 3 aliphatic carbocycles. The molecule has 4 heteroatoms. The molecule has 2 N–H and O–H groups in total. The molecule has 1 unspecified atom stereocenters. The molecule has 0 radical (unpaired) electrons. The smallest absolute Gasteiger partial charge is 0.147 e. The zero-order chi connectivity index (χ0) is 16.4. The Morgan fingerprint density at radius 1 is 1.22 bits per heavy atom. The Morgan fingerprint density at radius 3 is 2.74 bits per heavy atom. The zero-order valence-electron chi connectivity index (χ0n) is 13.8. The molecule has 1 aromatic rings. The highest BCUT2D eigenvalue weighted by Gasteiger charge is 2.69. The van der Waals surface area contributed by atoms with E-state index in [-0.39, 0.29) is 18.3 Å². The third-order valence-electron chi connectivity index (χ3n) is 7.02. The summed E-state index contributed by atoms with van der Waals surface area (Å²) >= 11 is 0. The molecule has 1 aromatic carbocycles. The van der Waals surface area contributed by atoms with Gasteiger partial charge in [-0.15, -0.1) is 0 Å². The Morgan fingerprint density at radius 2 is 2.00 bits per heavy atom. The van der Waals surface area contributed by atoms with Gasteiger partial charge in [0.1, 0.15) is 11.4 Å². The van der Waals surface area contributed by atoms with Gasteiger partial charge in [0.15, 0.2) is 0 Å². The SMILES string of the molecule is COc1ccc2c(c1)CC[C@@H]1[C@@H]2CC[C@]2(C)C(O)C[C@@H](O)[C@]12F. The third-order valence-corrected chi connectivity index (χ3v) is 7.02. The quantitative estimate of drug-likeness (QED) is 0.836. The summed E-state index contributed by atoms with van der Waals surface area (Å²) < 4.78 is 21.4. The third kappa shape index (κ3) is 1.82. The molecule has 2 fully saturated rings. The van der Waals surface area contributed by atoms with Crippen molar-refractivity contribution in [3.05, 3.63) is 29.3 Å². The second-order valence-electron chi connectivity index (χ2n) is 7.81. The fourth-order valence-corrected chi connectivity index (χ4v) is 5.64. The molecule has 0 aromatic heterocycles. The van der Waals surface area contributed by atoms with Crippen LogP contribution in [0.1, 0.15) is 49.7 Å². The molecule has 0 amide bonds. The Balaban J connectivity index is 1.76. The number of ether oxygens (including phenoxy) is 1. The van der Waals surface area contributed by atoms with Gasteiger partial charge in [0.05, 0.1) is 19.3 Å². The van der Waals surface area contributed by atoms with Gasteiger partial charge < -0.3 is 14.9 Å². The van der Waals surface area contributed by atoms with Crippen molar-refractivity contribution in [3.8, 4) is 5.75 Å². The first-order chi connectivity index (χ1) is 10.9. The number of alkyl halides is 1. The van der Waals surface area contributed by atoms with E-state index in [1.807, 2.05) is 13.0 Å². The van der Waals surface area contributed by atoms with E-state index >= 15 is 4.39 Å². The largest absolute Gasteiger partial charge is 0.497 e. The van der Waals surface area contributed by atoms with Crippen LogP contribution >= 0.6 is 0 Å². The first kappa shape index (κ1) is 15.4. The van der Waals surface area contributed by atoms with Gasteiger partial charge in [0.25, 0.3) is 0 Å². The predicted molar refractivity (Wildman–Crippen MR) is 85.4 cm³/mol. The number of hydrogen-bond donors (Lipinski definition) is 2. The summed E-state index contributed by atoms with van der Waals surface area (Å²) in [6.45, 7) is 1.83. The molecule has 0 saturated heterocycles. The summed E-state index contributed by atoms with van der Waals surface area (Å²) in [7, 11) is 1.66. The molecular weight excluding hydrogens is 295 g/mol. The molecule has 2 saturated carbocycles. The molecule has 0 heterocycles. The highest BCUT2D eigenvalue weighted by atomic mass is 19.1. The number of fused-ring (bicyclic) bond motifs is 5. The number of aryl methyl sites for hydroxylation is 1. The van der Waals surface area contributed by atoms with Crippen LogP contribution in [-0.4, -0.2) is 35.2 Å². The van der Waals surface area contributed by atoms with E-state index in [2.05, 4.69) is 12.1 Å². The fourth-order valence-electron chi connectivity index (χ4n) is 5.64. The van der Waals surface area contributed by atoms with Crippen LogP contribution in [0, 0.1) is 11.3 Å². The summed E-state index contributed by atoms with van der Waals surface area (Å²) in [5, 5.41) is 20.8. The van der Waals surface area contributed by atoms with Crippen LogP contribution in [0.15, 0.2) is 18.2 Å². The summed E-state index contributed by atoms with van der Waals surface area (Å²) in [5.74, 6) is 0.756. The standard InChI is InChI=1S/C19H25FO3/c1-18-8-7-14-13-5-4-12(23-2)9-11(13)3-6-15(14)19(18,20)17(22)10-16(18)21/h4-5,9,14-17,21-22H,3,6-8,10H2,1-2H3/t14-,15-,16?,17-,18-,19-/m1/s1. The van der Waals surface area contributed by atoms with E-state index in [0.29, 0.717) is 6.42 Å². The van der Waals surface area contributed by atoms with Crippen molar-refractivity contribution in [1.29, 1.82) is 0 Å². The van der Waals surface area contributed by atoms with Crippen LogP contribution in [0.5, 0.6) is 5.75 Å². The molecular formula is C19H25FO3. The first-order valence-corrected chi connectivity index (χ1v) is 8.63. The van der Waals surface area contributed by atoms with Gasteiger partial charge in [0.2, 0.25) is 0 Å². The van der Waals surface area contributed by atoms with Crippen molar-refractivity contribution in [2.24, 2.45) is 11.3 Å². The monoisotopic (exact) mass is 320 g/mol. The lowest BCUT2D eigenvalue weighted by Gasteiger charge is -2.54. The van der Waals surface area contributed by atoms with Crippen LogP contribution in [0.3, 0.4) is 0 Å². The number of rotatable bonds is 1. The highest BCUT2D eigenvalue weighted by molar-refractivity contribution is 5.41. The minimum atomic E-state index is -1.69. The number of methoxy groups -OCH3 is 1. The average Bonchev–Trinajstić information content (AvgIpc) is 2.74. The van der Waals surface area contributed by atoms with Crippen LogP contribution in [0.2, 0.25) is 0 Å². The van der Waals surface area contributed by atoms with Crippen molar-refractivity contribution in [2.75, 3.05) is 7.11 Å². The van der Waals surface area contributed by atoms with Crippen molar-refractivity contribution < 1.29 is 19.3 Å². The molecule has 4 rings (SSSR count). The molecule has 6 atom stereocenters. The summed E-state index contributed by atoms with van der Waals surface area (Å²) in [5.41, 5.74) is -0.0645. The van der Waals surface area contributed by atoms with E-state index < -0.39 is 23.3 Å². The van der Waals surface area contributed by atoms with Crippen LogP contribution in [-0.2, 0) is 6.42 Å². The van der Waals surface area contributed by atoms with Gasteiger partial charge in [-0.05, 0) is 54.9 Å². The van der Waals surface area contributed by atoms with Gasteiger partial charge >= 0.3 is 0 Å². The van der Waals surface area contributed by atoms with Crippen molar-refractivity contribution in [2.45, 2.75) is 62.8 Å². The highest BCUT2D eigenvalue weighted by Crippen LogP contribution is 2.64.